The van der Waals surface area contributed by atoms with E-state index in [0.717, 1.165) is 67.9 Å². The van der Waals surface area contributed by atoms with Crippen LogP contribution in [0.5, 0.6) is 0 Å². The van der Waals surface area contributed by atoms with Gasteiger partial charge in [0.15, 0.2) is 0 Å². The highest BCUT2D eigenvalue weighted by Crippen LogP contribution is 2.41. The number of ether oxygens (including phenoxy) is 3. The maximum Gasteiger partial charge on any atom is 0.333 e. The van der Waals surface area contributed by atoms with Gasteiger partial charge in [0.25, 0.3) is 12.6 Å². The molecule has 2 aliphatic rings. The lowest BCUT2D eigenvalue weighted by atomic mass is 9.72. The lowest BCUT2D eigenvalue weighted by Crippen LogP contribution is -2.35. The molecule has 3 atom stereocenters. The predicted molar refractivity (Wildman–Crippen MR) is 164 cm³/mol. The number of benzene rings is 2. The van der Waals surface area contributed by atoms with Crippen LogP contribution in [0.25, 0.3) is 11.1 Å². The van der Waals surface area contributed by atoms with Crippen molar-refractivity contribution in [1.29, 1.82) is 0 Å². The standard InChI is InChI=1S/C36H44F2O5/c1-25(2)36(40)43-23-33(20-21-41-24-39)30-14-16-31(17-15-30)34-19-18-32(22-42-34)29-12-10-28(11-13-29)27-8-6-26(7-9-27)4-3-5-35(37)38/h5-13,24,30-34H,1,3-4,14-23H2,2H3. The summed E-state index contributed by atoms with van der Waals surface area (Å²) in [4.78, 5) is 22.6. The maximum absolute atomic E-state index is 12.3. The first-order valence-electron chi connectivity index (χ1n) is 15.5. The second-order valence-electron chi connectivity index (χ2n) is 12.1. The zero-order chi connectivity index (χ0) is 30.6. The second kappa shape index (κ2) is 16.5. The Morgan fingerprint density at radius 1 is 1.00 bits per heavy atom. The number of hydrogen-bond acceptors (Lipinski definition) is 5. The molecule has 0 amide bonds. The van der Waals surface area contributed by atoms with Crippen LogP contribution in [-0.4, -0.2) is 38.4 Å². The van der Waals surface area contributed by atoms with Crippen LogP contribution >= 0.6 is 0 Å². The number of carbonyl (C=O) groups excluding carboxylic acids is 2. The highest BCUT2D eigenvalue weighted by atomic mass is 19.3. The first kappa shape index (κ1) is 32.6. The molecule has 232 valence electrons. The first-order chi connectivity index (χ1) is 20.8. The molecule has 1 heterocycles. The normalized spacial score (nSPS) is 22.7. The summed E-state index contributed by atoms with van der Waals surface area (Å²) < 4.78 is 41.4. The van der Waals surface area contributed by atoms with E-state index in [1.165, 1.54) is 5.56 Å². The fourth-order valence-electron chi connectivity index (χ4n) is 6.58. The van der Waals surface area contributed by atoms with Crippen molar-refractivity contribution in [3.63, 3.8) is 0 Å². The molecule has 0 N–H and O–H groups in total. The zero-order valence-corrected chi connectivity index (χ0v) is 25.1. The van der Waals surface area contributed by atoms with Gasteiger partial charge in [-0.05, 0) is 111 Å². The largest absolute Gasteiger partial charge is 0.468 e. The molecular formula is C36H44F2O5. The van der Waals surface area contributed by atoms with E-state index in [1.54, 1.807) is 6.92 Å². The number of allylic oxidation sites excluding steroid dienone is 1. The van der Waals surface area contributed by atoms with E-state index in [2.05, 4.69) is 43.0 Å². The molecule has 4 rings (SSSR count). The van der Waals surface area contributed by atoms with Gasteiger partial charge in [0, 0.05) is 11.5 Å². The quantitative estimate of drug-likeness (QED) is 0.0951. The molecule has 0 radical (unpaired) electrons. The van der Waals surface area contributed by atoms with E-state index in [9.17, 15) is 18.4 Å². The van der Waals surface area contributed by atoms with Gasteiger partial charge in [-0.25, -0.2) is 4.79 Å². The number of carbonyl (C=O) groups is 2. The molecule has 7 heteroatoms. The molecule has 0 spiro atoms. The SMILES string of the molecule is C=C(C)C(=O)OCC(CCOC=O)C1CCC(C2CCC(c3ccc(-c4ccc(CCC=C(F)F)cc4)cc3)CO2)CC1. The second-order valence-corrected chi connectivity index (χ2v) is 12.1. The summed E-state index contributed by atoms with van der Waals surface area (Å²) in [6.45, 7) is 7.17. The minimum atomic E-state index is -1.62. The molecule has 2 fully saturated rings. The Hall–Kier alpha value is -3.32. The molecule has 1 saturated carbocycles. The van der Waals surface area contributed by atoms with Crippen molar-refractivity contribution >= 4 is 12.4 Å². The van der Waals surface area contributed by atoms with Gasteiger partial charge in [-0.2, -0.15) is 8.78 Å². The number of rotatable bonds is 14. The number of aryl methyl sites for hydroxylation is 1. The fraction of sp³-hybridized carbons (Fsp3) is 0.500. The summed E-state index contributed by atoms with van der Waals surface area (Å²) in [6, 6.07) is 16.8. The number of esters is 1. The van der Waals surface area contributed by atoms with Crippen molar-refractivity contribution in [2.75, 3.05) is 19.8 Å². The van der Waals surface area contributed by atoms with Gasteiger partial charge in [0.2, 0.25) is 0 Å². The summed E-state index contributed by atoms with van der Waals surface area (Å²) in [7, 11) is 0. The summed E-state index contributed by atoms with van der Waals surface area (Å²) in [5.41, 5.74) is 5.00. The lowest BCUT2D eigenvalue weighted by Gasteiger charge is -2.39. The molecule has 2 aromatic rings. The third-order valence-corrected chi connectivity index (χ3v) is 9.17. The molecule has 0 bridgehead atoms. The molecule has 0 aromatic heterocycles. The van der Waals surface area contributed by atoms with Crippen LogP contribution in [0, 0.1) is 17.8 Å². The Bertz CT molecular complexity index is 1200. The van der Waals surface area contributed by atoms with Crippen molar-refractivity contribution in [3.8, 4) is 11.1 Å². The average Bonchev–Trinajstić information content (AvgIpc) is 3.03. The van der Waals surface area contributed by atoms with Crippen LogP contribution < -0.4 is 0 Å². The van der Waals surface area contributed by atoms with Gasteiger partial charge in [-0.15, -0.1) is 0 Å². The lowest BCUT2D eigenvalue weighted by molar-refractivity contribution is -0.142. The van der Waals surface area contributed by atoms with Crippen molar-refractivity contribution in [3.05, 3.63) is 84.0 Å². The molecule has 1 aliphatic carbocycles. The highest BCUT2D eigenvalue weighted by molar-refractivity contribution is 5.86. The van der Waals surface area contributed by atoms with E-state index in [4.69, 9.17) is 14.2 Å². The van der Waals surface area contributed by atoms with Crippen molar-refractivity contribution in [2.45, 2.75) is 76.7 Å². The summed E-state index contributed by atoms with van der Waals surface area (Å²) >= 11 is 0. The Morgan fingerprint density at radius 3 is 2.26 bits per heavy atom. The molecule has 1 aliphatic heterocycles. The fourth-order valence-corrected chi connectivity index (χ4v) is 6.58. The molecule has 43 heavy (non-hydrogen) atoms. The van der Waals surface area contributed by atoms with E-state index in [1.807, 2.05) is 12.1 Å². The van der Waals surface area contributed by atoms with Crippen molar-refractivity contribution in [1.82, 2.24) is 0 Å². The minimum Gasteiger partial charge on any atom is -0.468 e. The van der Waals surface area contributed by atoms with Crippen molar-refractivity contribution < 1.29 is 32.6 Å². The average molecular weight is 595 g/mol. The van der Waals surface area contributed by atoms with Crippen LogP contribution in [0.4, 0.5) is 8.78 Å². The monoisotopic (exact) mass is 594 g/mol. The Kier molecular flexibility index (Phi) is 12.5. The zero-order valence-electron chi connectivity index (χ0n) is 25.1. The molecule has 1 saturated heterocycles. The van der Waals surface area contributed by atoms with Gasteiger partial charge in [0.05, 0.1) is 25.9 Å². The maximum atomic E-state index is 12.3. The van der Waals surface area contributed by atoms with Gasteiger partial charge in [0.1, 0.15) is 0 Å². The summed E-state index contributed by atoms with van der Waals surface area (Å²) in [5.74, 6) is 1.15. The van der Waals surface area contributed by atoms with Crippen molar-refractivity contribution in [2.24, 2.45) is 17.8 Å². The first-order valence-corrected chi connectivity index (χ1v) is 15.5. The third-order valence-electron chi connectivity index (χ3n) is 9.17. The minimum absolute atomic E-state index is 0.164. The van der Waals surface area contributed by atoms with Crippen LogP contribution in [-0.2, 0) is 30.2 Å². The van der Waals surface area contributed by atoms with Crippen LogP contribution in [0.3, 0.4) is 0 Å². The van der Waals surface area contributed by atoms with Gasteiger partial charge >= 0.3 is 5.97 Å². The molecule has 2 aromatic carbocycles. The Balaban J connectivity index is 1.23. The number of hydrogen-bond donors (Lipinski definition) is 0. The highest BCUT2D eigenvalue weighted by Gasteiger charge is 2.34. The molecular weight excluding hydrogens is 550 g/mol. The van der Waals surface area contributed by atoms with E-state index in [-0.39, 0.29) is 18.0 Å². The van der Waals surface area contributed by atoms with Gasteiger partial charge in [-0.3, -0.25) is 4.79 Å². The summed E-state index contributed by atoms with van der Waals surface area (Å²) in [5, 5.41) is 0. The van der Waals surface area contributed by atoms with Gasteiger partial charge < -0.3 is 14.2 Å². The Labute approximate surface area is 254 Å². The smallest absolute Gasteiger partial charge is 0.333 e. The van der Waals surface area contributed by atoms with Crippen LogP contribution in [0.1, 0.15) is 75.3 Å². The van der Waals surface area contributed by atoms with Crippen LogP contribution in [0.2, 0.25) is 0 Å². The van der Waals surface area contributed by atoms with E-state index < -0.39 is 6.08 Å². The Morgan fingerprint density at radius 2 is 1.67 bits per heavy atom. The number of halogens is 2. The molecule has 5 nitrogen and oxygen atoms in total. The topological polar surface area (TPSA) is 61.8 Å². The van der Waals surface area contributed by atoms with Gasteiger partial charge in [-0.1, -0.05) is 55.1 Å². The van der Waals surface area contributed by atoms with E-state index in [0.29, 0.717) is 62.3 Å². The third kappa shape index (κ3) is 9.85. The molecule has 3 unspecified atom stereocenters. The summed E-state index contributed by atoms with van der Waals surface area (Å²) in [6.07, 6.45) is 7.72. The predicted octanol–water partition coefficient (Wildman–Crippen LogP) is 8.43. The van der Waals surface area contributed by atoms with E-state index >= 15 is 0 Å². The van der Waals surface area contributed by atoms with Crippen LogP contribution in [0.15, 0.2) is 72.8 Å².